The Bertz CT molecular complexity index is 1090. The van der Waals surface area contributed by atoms with Crippen molar-refractivity contribution in [2.45, 2.75) is 13.1 Å². The SMILES string of the molecule is Cc1cc(-c2cccc(C(F)(F)F)c2)nc2c1OCCN2C(=O)Nc1ccncn1. The van der Waals surface area contributed by atoms with Gasteiger partial charge in [-0.3, -0.25) is 10.2 Å². The Balaban J connectivity index is 1.72. The molecule has 0 radical (unpaired) electrons. The Labute approximate surface area is 169 Å². The number of ether oxygens (including phenoxy) is 1. The first-order chi connectivity index (χ1) is 14.3. The Kier molecular flexibility index (Phi) is 4.98. The summed E-state index contributed by atoms with van der Waals surface area (Å²) in [5.74, 6) is 0.962. The zero-order chi connectivity index (χ0) is 21.3. The van der Waals surface area contributed by atoms with Gasteiger partial charge in [0, 0.05) is 11.8 Å². The number of aromatic nitrogens is 3. The molecule has 0 saturated heterocycles. The van der Waals surface area contributed by atoms with Crippen LogP contribution in [0.1, 0.15) is 11.1 Å². The average molecular weight is 415 g/mol. The first kappa shape index (κ1) is 19.6. The van der Waals surface area contributed by atoms with E-state index in [2.05, 4.69) is 20.3 Å². The van der Waals surface area contributed by atoms with E-state index in [0.717, 1.165) is 12.1 Å². The maximum absolute atomic E-state index is 13.1. The predicted octanol–water partition coefficient (Wildman–Crippen LogP) is 4.30. The van der Waals surface area contributed by atoms with Gasteiger partial charge in [-0.2, -0.15) is 13.2 Å². The number of alkyl halides is 3. The molecule has 1 aliphatic heterocycles. The van der Waals surface area contributed by atoms with E-state index < -0.39 is 17.8 Å². The molecule has 7 nitrogen and oxygen atoms in total. The van der Waals surface area contributed by atoms with Crippen molar-refractivity contribution < 1.29 is 22.7 Å². The van der Waals surface area contributed by atoms with Crippen LogP contribution in [0, 0.1) is 6.92 Å². The molecule has 0 bridgehead atoms. The standard InChI is InChI=1S/C20H16F3N5O2/c1-12-9-15(13-3-2-4-14(10-13)20(21,22)23)26-18-17(12)30-8-7-28(18)19(29)27-16-5-6-24-11-25-16/h2-6,9-11H,7-8H2,1H3,(H,24,25,27,29). The molecule has 4 rings (SSSR count). The summed E-state index contributed by atoms with van der Waals surface area (Å²) in [6.45, 7) is 2.24. The number of urea groups is 1. The van der Waals surface area contributed by atoms with Crippen molar-refractivity contribution in [3.63, 3.8) is 0 Å². The number of carbonyl (C=O) groups is 1. The second-order valence-corrected chi connectivity index (χ2v) is 6.58. The van der Waals surface area contributed by atoms with Gasteiger partial charge in [0.05, 0.1) is 17.8 Å². The van der Waals surface area contributed by atoms with E-state index in [1.807, 2.05) is 0 Å². The molecule has 0 fully saturated rings. The van der Waals surface area contributed by atoms with Gasteiger partial charge in [0.15, 0.2) is 11.6 Å². The van der Waals surface area contributed by atoms with Gasteiger partial charge in [-0.25, -0.2) is 19.7 Å². The predicted molar refractivity (Wildman–Crippen MR) is 103 cm³/mol. The normalized spacial score (nSPS) is 13.4. The molecule has 2 amide bonds. The fourth-order valence-electron chi connectivity index (χ4n) is 3.09. The van der Waals surface area contributed by atoms with Crippen LogP contribution in [-0.4, -0.2) is 34.1 Å². The van der Waals surface area contributed by atoms with Crippen LogP contribution in [0.5, 0.6) is 5.75 Å². The van der Waals surface area contributed by atoms with E-state index in [0.29, 0.717) is 22.8 Å². The number of fused-ring (bicyclic) bond motifs is 1. The zero-order valence-electron chi connectivity index (χ0n) is 15.8. The van der Waals surface area contributed by atoms with Gasteiger partial charge < -0.3 is 4.74 Å². The fourth-order valence-corrected chi connectivity index (χ4v) is 3.09. The van der Waals surface area contributed by atoms with Crippen LogP contribution in [0.3, 0.4) is 0 Å². The lowest BCUT2D eigenvalue weighted by atomic mass is 10.1. The summed E-state index contributed by atoms with van der Waals surface area (Å²) < 4.78 is 45.0. The number of rotatable bonds is 2. The molecule has 2 aromatic heterocycles. The molecule has 0 aliphatic carbocycles. The Morgan fingerprint density at radius 3 is 2.80 bits per heavy atom. The van der Waals surface area contributed by atoms with Crippen molar-refractivity contribution in [1.82, 2.24) is 15.0 Å². The highest BCUT2D eigenvalue weighted by Crippen LogP contribution is 2.37. The van der Waals surface area contributed by atoms with Gasteiger partial charge >= 0.3 is 12.2 Å². The summed E-state index contributed by atoms with van der Waals surface area (Å²) in [6, 6.07) is 7.59. The number of aryl methyl sites for hydroxylation is 1. The van der Waals surface area contributed by atoms with Crippen molar-refractivity contribution in [2.75, 3.05) is 23.4 Å². The molecular formula is C20H16F3N5O2. The lowest BCUT2D eigenvalue weighted by Gasteiger charge is -2.29. The molecule has 1 aromatic carbocycles. The number of nitrogens with one attached hydrogen (secondary N) is 1. The van der Waals surface area contributed by atoms with Gasteiger partial charge in [0.1, 0.15) is 18.8 Å². The number of hydrogen-bond donors (Lipinski definition) is 1. The molecular weight excluding hydrogens is 399 g/mol. The quantitative estimate of drug-likeness (QED) is 0.675. The van der Waals surface area contributed by atoms with Gasteiger partial charge in [0.25, 0.3) is 0 Å². The van der Waals surface area contributed by atoms with E-state index in [1.165, 1.54) is 29.6 Å². The summed E-state index contributed by atoms with van der Waals surface area (Å²) in [4.78, 5) is 26.4. The molecule has 3 heterocycles. The number of halogens is 3. The Morgan fingerprint density at radius 2 is 2.07 bits per heavy atom. The van der Waals surface area contributed by atoms with Crippen LogP contribution in [0.2, 0.25) is 0 Å². The smallest absolute Gasteiger partial charge is 0.416 e. The number of carbonyl (C=O) groups excluding carboxylic acids is 1. The van der Waals surface area contributed by atoms with Crippen LogP contribution in [0.15, 0.2) is 48.9 Å². The lowest BCUT2D eigenvalue weighted by molar-refractivity contribution is -0.137. The van der Waals surface area contributed by atoms with Crippen LogP contribution in [0.25, 0.3) is 11.3 Å². The topological polar surface area (TPSA) is 80.2 Å². The molecule has 0 spiro atoms. The van der Waals surface area contributed by atoms with Gasteiger partial charge in [0.2, 0.25) is 0 Å². The fraction of sp³-hybridized carbons (Fsp3) is 0.200. The summed E-state index contributed by atoms with van der Waals surface area (Å²) in [6.07, 6.45) is -1.67. The monoisotopic (exact) mass is 415 g/mol. The van der Waals surface area contributed by atoms with Crippen LogP contribution in [-0.2, 0) is 6.18 Å². The van der Waals surface area contributed by atoms with E-state index >= 15 is 0 Å². The number of hydrogen-bond acceptors (Lipinski definition) is 5. The summed E-state index contributed by atoms with van der Waals surface area (Å²) in [5, 5.41) is 2.65. The average Bonchev–Trinajstić information content (AvgIpc) is 2.73. The highest BCUT2D eigenvalue weighted by Gasteiger charge is 2.31. The van der Waals surface area contributed by atoms with Crippen LogP contribution in [0.4, 0.5) is 29.6 Å². The summed E-state index contributed by atoms with van der Waals surface area (Å²) in [7, 11) is 0. The molecule has 1 N–H and O–H groups in total. The Hall–Kier alpha value is -3.69. The van der Waals surface area contributed by atoms with Crippen LogP contribution >= 0.6 is 0 Å². The van der Waals surface area contributed by atoms with Crippen molar-refractivity contribution >= 4 is 17.7 Å². The largest absolute Gasteiger partial charge is 0.488 e. The third-order valence-corrected chi connectivity index (χ3v) is 4.51. The second-order valence-electron chi connectivity index (χ2n) is 6.58. The molecule has 0 unspecified atom stereocenters. The second kappa shape index (κ2) is 7.62. The van der Waals surface area contributed by atoms with Crippen molar-refractivity contribution in [3.05, 3.63) is 60.0 Å². The maximum atomic E-state index is 13.1. The minimum absolute atomic E-state index is 0.225. The third kappa shape index (κ3) is 3.88. The molecule has 10 heteroatoms. The van der Waals surface area contributed by atoms with E-state index in [-0.39, 0.29) is 24.5 Å². The maximum Gasteiger partial charge on any atom is 0.416 e. The van der Waals surface area contributed by atoms with Crippen LogP contribution < -0.4 is 15.0 Å². The summed E-state index contributed by atoms with van der Waals surface area (Å²) in [5.41, 5.74) is 0.485. The highest BCUT2D eigenvalue weighted by molar-refractivity contribution is 6.02. The number of amides is 2. The first-order valence-electron chi connectivity index (χ1n) is 8.99. The van der Waals surface area contributed by atoms with E-state index in [1.54, 1.807) is 19.1 Å². The van der Waals surface area contributed by atoms with Gasteiger partial charge in [-0.05, 0) is 36.8 Å². The van der Waals surface area contributed by atoms with Crippen molar-refractivity contribution in [2.24, 2.45) is 0 Å². The van der Waals surface area contributed by atoms with Crippen molar-refractivity contribution in [3.8, 4) is 17.0 Å². The molecule has 0 atom stereocenters. The number of benzene rings is 1. The summed E-state index contributed by atoms with van der Waals surface area (Å²) >= 11 is 0. The third-order valence-electron chi connectivity index (χ3n) is 4.51. The first-order valence-corrected chi connectivity index (χ1v) is 8.99. The molecule has 30 heavy (non-hydrogen) atoms. The molecule has 3 aromatic rings. The molecule has 0 saturated carbocycles. The Morgan fingerprint density at radius 1 is 1.23 bits per heavy atom. The van der Waals surface area contributed by atoms with E-state index in [9.17, 15) is 18.0 Å². The number of pyridine rings is 1. The number of anilines is 2. The van der Waals surface area contributed by atoms with Gasteiger partial charge in [-0.1, -0.05) is 12.1 Å². The molecule has 154 valence electrons. The number of nitrogens with zero attached hydrogens (tertiary/aromatic N) is 4. The highest BCUT2D eigenvalue weighted by atomic mass is 19.4. The zero-order valence-corrected chi connectivity index (χ0v) is 15.8. The van der Waals surface area contributed by atoms with E-state index in [4.69, 9.17) is 4.74 Å². The lowest BCUT2D eigenvalue weighted by Crippen LogP contribution is -2.41. The minimum Gasteiger partial charge on any atom is -0.488 e. The van der Waals surface area contributed by atoms with Crippen molar-refractivity contribution in [1.29, 1.82) is 0 Å². The van der Waals surface area contributed by atoms with Gasteiger partial charge in [-0.15, -0.1) is 0 Å². The molecule has 1 aliphatic rings. The minimum atomic E-state index is -4.47.